The number of likely N-dealkylation sites (tertiary alicyclic amines) is 1. The van der Waals surface area contributed by atoms with E-state index in [1.165, 1.54) is 12.1 Å². The second kappa shape index (κ2) is 14.2. The van der Waals surface area contributed by atoms with Crippen LogP contribution in [0.3, 0.4) is 0 Å². The van der Waals surface area contributed by atoms with Crippen LogP contribution in [0.4, 0.5) is 18.9 Å². The Morgan fingerprint density at radius 2 is 1.64 bits per heavy atom. The first kappa shape index (κ1) is 36.8. The van der Waals surface area contributed by atoms with Gasteiger partial charge in [0.1, 0.15) is 0 Å². The summed E-state index contributed by atoms with van der Waals surface area (Å²) < 4.78 is 62.4. The molecule has 1 fully saturated rings. The van der Waals surface area contributed by atoms with Crippen LogP contribution in [0.5, 0.6) is 0 Å². The third kappa shape index (κ3) is 8.51. The lowest BCUT2D eigenvalue weighted by molar-refractivity contribution is -0.157. The van der Waals surface area contributed by atoms with Crippen LogP contribution in [0.25, 0.3) is 0 Å². The highest BCUT2D eigenvalue weighted by atomic mass is 35.5. The van der Waals surface area contributed by atoms with Crippen molar-refractivity contribution < 1.29 is 27.0 Å². The molecular formula is C35H40Cl2F3N3O3S. The van der Waals surface area contributed by atoms with E-state index in [4.69, 9.17) is 28.0 Å². The minimum atomic E-state index is -4.59. The summed E-state index contributed by atoms with van der Waals surface area (Å²) in [6.45, 7) is 8.94. The van der Waals surface area contributed by atoms with Crippen LogP contribution >= 0.6 is 23.2 Å². The maximum atomic E-state index is 14.9. The predicted molar refractivity (Wildman–Crippen MR) is 182 cm³/mol. The molecule has 1 heterocycles. The van der Waals surface area contributed by atoms with Crippen molar-refractivity contribution >= 4 is 50.4 Å². The van der Waals surface area contributed by atoms with Crippen LogP contribution in [0.15, 0.2) is 72.8 Å². The number of halogens is 5. The quantitative estimate of drug-likeness (QED) is 0.220. The molecule has 3 aromatic rings. The van der Waals surface area contributed by atoms with E-state index in [2.05, 4.69) is 5.32 Å². The average Bonchev–Trinajstić information content (AvgIpc) is 2.97. The van der Waals surface area contributed by atoms with Crippen molar-refractivity contribution in [1.82, 2.24) is 4.90 Å². The molecule has 47 heavy (non-hydrogen) atoms. The molecule has 4 rings (SSSR count). The molecule has 0 spiro atoms. The first-order chi connectivity index (χ1) is 21.8. The topological polar surface area (TPSA) is 90.3 Å². The average molecular weight is 711 g/mol. The highest BCUT2D eigenvalue weighted by molar-refractivity contribution is 7.93. The van der Waals surface area contributed by atoms with E-state index in [0.29, 0.717) is 10.0 Å². The van der Waals surface area contributed by atoms with Crippen molar-refractivity contribution in [2.75, 3.05) is 11.1 Å². The normalized spacial score (nSPS) is 22.3. The lowest BCUT2D eigenvalue weighted by Crippen LogP contribution is -2.59. The molecule has 1 aliphatic heterocycles. The SMILES string of the molecule is CC(C)C(CS(=N)(=O)C(C)C)N1C(=O)[C@@](C)(CC(=O)Nc2cccc(C(F)(F)F)c2)C[C@H](c2cccc(Cl)c2)[C@H]1c1ccc(Cl)cc1. The second-order valence-corrected chi connectivity index (χ2v) is 16.8. The number of alkyl halides is 3. The van der Waals surface area contributed by atoms with Gasteiger partial charge in [-0.25, -0.2) is 4.21 Å². The molecule has 6 nitrogen and oxygen atoms in total. The molecule has 3 aromatic carbocycles. The molecule has 5 atom stereocenters. The molecule has 0 saturated carbocycles. The van der Waals surface area contributed by atoms with Crippen LogP contribution in [-0.4, -0.2) is 38.0 Å². The van der Waals surface area contributed by atoms with Gasteiger partial charge in [-0.2, -0.15) is 13.2 Å². The minimum absolute atomic E-state index is 0.0371. The third-order valence-electron chi connectivity index (χ3n) is 8.92. The maximum absolute atomic E-state index is 14.9. The third-order valence-corrected chi connectivity index (χ3v) is 11.8. The Kier molecular flexibility index (Phi) is 11.1. The molecule has 0 radical (unpaired) electrons. The summed E-state index contributed by atoms with van der Waals surface area (Å²) in [5.41, 5.74) is -0.676. The zero-order valence-corrected chi connectivity index (χ0v) is 29.2. The van der Waals surface area contributed by atoms with Crippen molar-refractivity contribution in [3.63, 3.8) is 0 Å². The van der Waals surface area contributed by atoms with Gasteiger partial charge in [0.15, 0.2) is 0 Å². The standard InChI is InChI=1S/C35H40Cl2F3N3O3S/c1-21(2)30(20-47(41,46)22(3)4)43-32(23-12-14-26(36)15-13-23)29(24-8-6-10-27(37)16-24)18-34(5,33(43)45)19-31(44)42-28-11-7-9-25(17-28)35(38,39)40/h6-17,21-22,29-30,32,41H,18-20H2,1-5H3,(H,42,44)/t29-,30?,32-,34-,47?/m1/s1. The van der Waals surface area contributed by atoms with E-state index >= 15 is 0 Å². The number of nitrogens with one attached hydrogen (secondary N) is 2. The van der Waals surface area contributed by atoms with E-state index < -0.39 is 56.0 Å². The summed E-state index contributed by atoms with van der Waals surface area (Å²) in [5, 5.41) is 3.08. The number of carbonyl (C=O) groups excluding carboxylic acids is 2. The summed E-state index contributed by atoms with van der Waals surface area (Å²) in [4.78, 5) is 30.1. The summed E-state index contributed by atoms with van der Waals surface area (Å²) in [6.07, 6.45) is -4.71. The Bertz CT molecular complexity index is 1710. The fourth-order valence-electron chi connectivity index (χ4n) is 6.28. The van der Waals surface area contributed by atoms with Gasteiger partial charge in [-0.15, -0.1) is 0 Å². The zero-order valence-electron chi connectivity index (χ0n) is 26.9. The Morgan fingerprint density at radius 1 is 1.00 bits per heavy atom. The number of rotatable bonds is 10. The molecule has 254 valence electrons. The van der Waals surface area contributed by atoms with Gasteiger partial charge >= 0.3 is 6.18 Å². The lowest BCUT2D eigenvalue weighted by Gasteiger charge is -2.53. The number of hydrogen-bond donors (Lipinski definition) is 2. The summed E-state index contributed by atoms with van der Waals surface area (Å²) in [7, 11) is -3.14. The van der Waals surface area contributed by atoms with Gasteiger partial charge in [-0.3, -0.25) is 14.4 Å². The Balaban J connectivity index is 1.85. The first-order valence-corrected chi connectivity index (χ1v) is 17.9. The molecule has 2 N–H and O–H groups in total. The molecule has 0 aliphatic carbocycles. The fourth-order valence-corrected chi connectivity index (χ4v) is 8.05. The van der Waals surface area contributed by atoms with Crippen molar-refractivity contribution in [1.29, 1.82) is 4.78 Å². The van der Waals surface area contributed by atoms with Gasteiger partial charge in [0.2, 0.25) is 11.8 Å². The summed E-state index contributed by atoms with van der Waals surface area (Å²) >= 11 is 12.7. The van der Waals surface area contributed by atoms with Crippen LogP contribution in [0.1, 0.15) is 76.1 Å². The predicted octanol–water partition coefficient (Wildman–Crippen LogP) is 9.58. The number of hydrogen-bond acceptors (Lipinski definition) is 4. The summed E-state index contributed by atoms with van der Waals surface area (Å²) in [6, 6.07) is 17.5. The molecule has 0 aromatic heterocycles. The van der Waals surface area contributed by atoms with Crippen molar-refractivity contribution in [2.45, 2.75) is 76.9 Å². The number of piperidine rings is 1. The molecule has 12 heteroatoms. The number of benzene rings is 3. The van der Waals surface area contributed by atoms with Crippen LogP contribution in [-0.2, 0) is 25.5 Å². The van der Waals surface area contributed by atoms with Crippen LogP contribution in [0.2, 0.25) is 10.0 Å². The van der Waals surface area contributed by atoms with Gasteiger partial charge < -0.3 is 10.2 Å². The van der Waals surface area contributed by atoms with E-state index in [1.54, 1.807) is 43.9 Å². The van der Waals surface area contributed by atoms with Crippen molar-refractivity contribution in [3.8, 4) is 0 Å². The number of nitrogens with zero attached hydrogens (tertiary/aromatic N) is 1. The largest absolute Gasteiger partial charge is 0.416 e. The minimum Gasteiger partial charge on any atom is -0.330 e. The van der Waals surface area contributed by atoms with Gasteiger partial charge in [0.25, 0.3) is 0 Å². The van der Waals surface area contributed by atoms with E-state index in [9.17, 15) is 27.0 Å². The molecule has 1 saturated heterocycles. The number of amides is 2. The summed E-state index contributed by atoms with van der Waals surface area (Å²) in [5.74, 6) is -1.69. The van der Waals surface area contributed by atoms with Gasteiger partial charge in [0.05, 0.1) is 22.8 Å². The molecule has 0 bridgehead atoms. The Hall–Kier alpha value is -3.08. The van der Waals surface area contributed by atoms with Gasteiger partial charge in [0, 0.05) is 49.1 Å². The van der Waals surface area contributed by atoms with Crippen molar-refractivity contribution in [2.24, 2.45) is 11.3 Å². The van der Waals surface area contributed by atoms with E-state index in [0.717, 1.165) is 23.3 Å². The number of anilines is 1. The van der Waals surface area contributed by atoms with Crippen LogP contribution in [0, 0.1) is 16.1 Å². The van der Waals surface area contributed by atoms with Gasteiger partial charge in [-0.05, 0) is 65.9 Å². The lowest BCUT2D eigenvalue weighted by atomic mass is 9.66. The highest BCUT2D eigenvalue weighted by Crippen LogP contribution is 2.52. The molecule has 1 aliphatic rings. The van der Waals surface area contributed by atoms with E-state index in [1.807, 2.05) is 44.2 Å². The molecular weight excluding hydrogens is 670 g/mol. The van der Waals surface area contributed by atoms with Crippen LogP contribution < -0.4 is 5.32 Å². The second-order valence-electron chi connectivity index (χ2n) is 13.2. The maximum Gasteiger partial charge on any atom is 0.416 e. The van der Waals surface area contributed by atoms with Gasteiger partial charge in [-0.1, -0.05) is 88.2 Å². The fraction of sp³-hybridized carbons (Fsp3) is 0.429. The number of carbonyl (C=O) groups is 2. The first-order valence-electron chi connectivity index (χ1n) is 15.4. The Labute approximate surface area is 285 Å². The smallest absolute Gasteiger partial charge is 0.330 e. The monoisotopic (exact) mass is 709 g/mol. The molecule has 2 unspecified atom stereocenters. The highest BCUT2D eigenvalue weighted by Gasteiger charge is 2.53. The van der Waals surface area contributed by atoms with E-state index in [-0.39, 0.29) is 36.1 Å². The molecule has 2 amide bonds. The zero-order chi connectivity index (χ0) is 34.9. The van der Waals surface area contributed by atoms with Crippen molar-refractivity contribution in [3.05, 3.63) is 99.5 Å². The Morgan fingerprint density at radius 3 is 2.21 bits per heavy atom.